The average Bonchev–Trinajstić information content (AvgIpc) is 2.87. The number of anilines is 2. The van der Waals surface area contributed by atoms with E-state index in [1.807, 2.05) is 47.7 Å². The Balaban J connectivity index is 1.76. The second-order valence-corrected chi connectivity index (χ2v) is 7.46. The van der Waals surface area contributed by atoms with E-state index in [9.17, 15) is 4.79 Å². The lowest BCUT2D eigenvalue weighted by atomic mass is 10.1. The van der Waals surface area contributed by atoms with Crippen LogP contribution >= 0.6 is 11.6 Å². The van der Waals surface area contributed by atoms with Crippen LogP contribution in [0.5, 0.6) is 0 Å². The molecule has 7 heteroatoms. The summed E-state index contributed by atoms with van der Waals surface area (Å²) in [7, 11) is 1.98. The Morgan fingerprint density at radius 3 is 2.93 bits per heavy atom. The molecular weight excluding hydrogens is 376 g/mol. The highest BCUT2D eigenvalue weighted by atomic mass is 35.5. The third kappa shape index (κ3) is 3.57. The zero-order chi connectivity index (χ0) is 19.7. The molecule has 28 heavy (non-hydrogen) atoms. The number of aryl methyl sites for hydroxylation is 2. The van der Waals surface area contributed by atoms with Gasteiger partial charge in [0.15, 0.2) is 0 Å². The van der Waals surface area contributed by atoms with Crippen LogP contribution < -0.4 is 5.32 Å². The van der Waals surface area contributed by atoms with Gasteiger partial charge in [-0.05, 0) is 37.6 Å². The predicted molar refractivity (Wildman–Crippen MR) is 112 cm³/mol. The van der Waals surface area contributed by atoms with Crippen molar-refractivity contribution in [2.45, 2.75) is 13.3 Å². The van der Waals surface area contributed by atoms with Gasteiger partial charge in [0.1, 0.15) is 5.82 Å². The summed E-state index contributed by atoms with van der Waals surface area (Å²) in [4.78, 5) is 19.7. The molecule has 3 heterocycles. The minimum atomic E-state index is -0.00138. The molecule has 146 valence electrons. The lowest BCUT2D eigenvalue weighted by Gasteiger charge is -2.20. The normalized spacial score (nSPS) is 14.9. The molecule has 0 unspecified atom stereocenters. The van der Waals surface area contributed by atoms with Crippen molar-refractivity contribution in [3.05, 3.63) is 52.8 Å². The third-order valence-electron chi connectivity index (χ3n) is 5.13. The Morgan fingerprint density at radius 1 is 1.25 bits per heavy atom. The van der Waals surface area contributed by atoms with E-state index >= 15 is 0 Å². The quantitative estimate of drug-likeness (QED) is 0.720. The number of benzene rings is 1. The van der Waals surface area contributed by atoms with Gasteiger partial charge in [0, 0.05) is 54.7 Å². The smallest absolute Gasteiger partial charge is 0.257 e. The number of halogens is 1. The number of carbonyl (C=O) groups is 1. The van der Waals surface area contributed by atoms with Crippen LogP contribution in [0.25, 0.3) is 10.9 Å². The molecule has 1 fully saturated rings. The van der Waals surface area contributed by atoms with Gasteiger partial charge in [-0.15, -0.1) is 0 Å². The van der Waals surface area contributed by atoms with Gasteiger partial charge in [-0.3, -0.25) is 4.79 Å². The van der Waals surface area contributed by atoms with E-state index in [0.29, 0.717) is 42.7 Å². The summed E-state index contributed by atoms with van der Waals surface area (Å²) >= 11 is 6.10. The SMILES string of the molecule is Cc1cc2c(Nc3cccc(Cl)c3)ncc(C(=O)N3CCCOCC3)c2n1C. The van der Waals surface area contributed by atoms with Crippen molar-refractivity contribution in [2.75, 3.05) is 31.6 Å². The first-order valence-corrected chi connectivity index (χ1v) is 9.77. The summed E-state index contributed by atoms with van der Waals surface area (Å²) in [6.45, 7) is 4.60. The van der Waals surface area contributed by atoms with Gasteiger partial charge >= 0.3 is 0 Å². The van der Waals surface area contributed by atoms with Gasteiger partial charge in [0.05, 0.1) is 17.7 Å². The Labute approximate surface area is 169 Å². The minimum absolute atomic E-state index is 0.00138. The molecule has 1 aromatic carbocycles. The highest BCUT2D eigenvalue weighted by molar-refractivity contribution is 6.30. The molecule has 1 amide bonds. The molecule has 0 bridgehead atoms. The Hall–Kier alpha value is -2.57. The van der Waals surface area contributed by atoms with Crippen molar-refractivity contribution in [3.8, 4) is 0 Å². The van der Waals surface area contributed by atoms with Gasteiger partial charge in [-0.2, -0.15) is 0 Å². The van der Waals surface area contributed by atoms with Crippen molar-refractivity contribution < 1.29 is 9.53 Å². The fourth-order valence-electron chi connectivity index (χ4n) is 3.58. The van der Waals surface area contributed by atoms with Gasteiger partial charge in [0.25, 0.3) is 5.91 Å². The van der Waals surface area contributed by atoms with Crippen LogP contribution in [0.15, 0.2) is 36.5 Å². The molecule has 4 rings (SSSR count). The molecule has 0 saturated carbocycles. The van der Waals surface area contributed by atoms with Crippen molar-refractivity contribution in [1.82, 2.24) is 14.5 Å². The number of rotatable bonds is 3. The molecule has 0 aliphatic carbocycles. The first-order valence-electron chi connectivity index (χ1n) is 9.39. The van der Waals surface area contributed by atoms with Crippen LogP contribution in [0.4, 0.5) is 11.5 Å². The van der Waals surface area contributed by atoms with Crippen LogP contribution in [0.3, 0.4) is 0 Å². The molecule has 1 aliphatic rings. The summed E-state index contributed by atoms with van der Waals surface area (Å²) in [5.74, 6) is 0.704. The molecule has 1 aliphatic heterocycles. The van der Waals surface area contributed by atoms with E-state index in [-0.39, 0.29) is 5.91 Å². The highest BCUT2D eigenvalue weighted by Gasteiger charge is 2.23. The summed E-state index contributed by atoms with van der Waals surface area (Å²) in [5.41, 5.74) is 3.41. The molecule has 2 aromatic heterocycles. The van der Waals surface area contributed by atoms with Crippen LogP contribution in [0.1, 0.15) is 22.5 Å². The van der Waals surface area contributed by atoms with Crippen molar-refractivity contribution >= 4 is 39.9 Å². The van der Waals surface area contributed by atoms with Crippen LogP contribution in [0.2, 0.25) is 5.02 Å². The molecule has 0 radical (unpaired) electrons. The number of pyridine rings is 1. The van der Waals surface area contributed by atoms with E-state index < -0.39 is 0 Å². The molecule has 6 nitrogen and oxygen atoms in total. The predicted octanol–water partition coefficient (Wildman–Crippen LogP) is 4.14. The van der Waals surface area contributed by atoms with E-state index in [1.165, 1.54) is 0 Å². The monoisotopic (exact) mass is 398 g/mol. The number of hydrogen-bond acceptors (Lipinski definition) is 4. The van der Waals surface area contributed by atoms with Gasteiger partial charge < -0.3 is 19.5 Å². The second kappa shape index (κ2) is 7.81. The summed E-state index contributed by atoms with van der Waals surface area (Å²) in [5, 5.41) is 4.90. The summed E-state index contributed by atoms with van der Waals surface area (Å²) in [6.07, 6.45) is 2.52. The fourth-order valence-corrected chi connectivity index (χ4v) is 3.77. The number of hydrogen-bond donors (Lipinski definition) is 1. The number of nitrogens with zero attached hydrogens (tertiary/aromatic N) is 3. The fraction of sp³-hybridized carbons (Fsp3) is 0.333. The Morgan fingerprint density at radius 2 is 2.11 bits per heavy atom. The van der Waals surface area contributed by atoms with Gasteiger partial charge in [-0.1, -0.05) is 17.7 Å². The molecule has 1 saturated heterocycles. The number of ether oxygens (including phenoxy) is 1. The minimum Gasteiger partial charge on any atom is -0.380 e. The lowest BCUT2D eigenvalue weighted by molar-refractivity contribution is 0.0742. The van der Waals surface area contributed by atoms with E-state index in [1.54, 1.807) is 6.20 Å². The standard InChI is InChI=1S/C21H23ClN4O2/c1-14-11-17-19(25(14)2)18(21(27)26-7-4-9-28-10-8-26)13-23-20(17)24-16-6-3-5-15(22)12-16/h3,5-6,11-13H,4,7-10H2,1-2H3,(H,23,24). The molecule has 1 N–H and O–H groups in total. The summed E-state index contributed by atoms with van der Waals surface area (Å²) in [6, 6.07) is 9.55. The van der Waals surface area contributed by atoms with Gasteiger partial charge in [0.2, 0.25) is 0 Å². The highest BCUT2D eigenvalue weighted by Crippen LogP contribution is 2.31. The number of nitrogens with one attached hydrogen (secondary N) is 1. The lowest BCUT2D eigenvalue weighted by Crippen LogP contribution is -2.33. The van der Waals surface area contributed by atoms with E-state index in [2.05, 4.69) is 16.4 Å². The third-order valence-corrected chi connectivity index (χ3v) is 5.37. The van der Waals surface area contributed by atoms with Crippen LogP contribution in [-0.4, -0.2) is 46.7 Å². The van der Waals surface area contributed by atoms with E-state index in [0.717, 1.165) is 28.7 Å². The Kier molecular flexibility index (Phi) is 5.24. The maximum absolute atomic E-state index is 13.2. The number of aromatic nitrogens is 2. The number of fused-ring (bicyclic) bond motifs is 1. The number of carbonyl (C=O) groups excluding carboxylic acids is 1. The second-order valence-electron chi connectivity index (χ2n) is 7.02. The zero-order valence-corrected chi connectivity index (χ0v) is 16.8. The summed E-state index contributed by atoms with van der Waals surface area (Å²) < 4.78 is 7.53. The maximum Gasteiger partial charge on any atom is 0.257 e. The maximum atomic E-state index is 13.2. The first-order chi connectivity index (χ1) is 13.5. The number of amides is 1. The molecular formula is C21H23ClN4O2. The zero-order valence-electron chi connectivity index (χ0n) is 16.0. The van der Waals surface area contributed by atoms with Crippen molar-refractivity contribution in [2.24, 2.45) is 7.05 Å². The van der Waals surface area contributed by atoms with Crippen LogP contribution in [-0.2, 0) is 11.8 Å². The average molecular weight is 399 g/mol. The van der Waals surface area contributed by atoms with Gasteiger partial charge in [-0.25, -0.2) is 4.98 Å². The molecule has 3 aromatic rings. The van der Waals surface area contributed by atoms with Crippen molar-refractivity contribution in [1.29, 1.82) is 0 Å². The molecule has 0 atom stereocenters. The van der Waals surface area contributed by atoms with Crippen LogP contribution in [0, 0.1) is 6.92 Å². The Bertz CT molecular complexity index is 1020. The first kappa shape index (κ1) is 18.8. The van der Waals surface area contributed by atoms with Crippen molar-refractivity contribution in [3.63, 3.8) is 0 Å². The largest absolute Gasteiger partial charge is 0.380 e. The van der Waals surface area contributed by atoms with E-state index in [4.69, 9.17) is 16.3 Å². The molecule has 0 spiro atoms. The topological polar surface area (TPSA) is 59.4 Å².